The molecule has 1 N–H and O–H groups in total. The number of hydrogen-bond acceptors (Lipinski definition) is 7. The van der Waals surface area contributed by atoms with Crippen LogP contribution in [0.3, 0.4) is 0 Å². The number of nitrogens with zero attached hydrogens (tertiary/aromatic N) is 5. The Morgan fingerprint density at radius 2 is 2.04 bits per heavy atom. The largest absolute Gasteiger partial charge is 0.373 e. The molecule has 2 aromatic heterocycles. The van der Waals surface area contributed by atoms with E-state index in [-0.39, 0.29) is 11.9 Å². The zero-order chi connectivity index (χ0) is 18.8. The molecular formula is C19H26N6O2. The summed E-state index contributed by atoms with van der Waals surface area (Å²) in [4.78, 5) is 25.0. The Labute approximate surface area is 158 Å². The summed E-state index contributed by atoms with van der Waals surface area (Å²) in [5, 5.41) is 7.18. The number of rotatable bonds is 4. The molecule has 0 aromatic carbocycles. The number of carbonyl (C=O) groups excluding carboxylic acids is 1. The number of hydrogen-bond donors (Lipinski definition) is 1. The van der Waals surface area contributed by atoms with Gasteiger partial charge >= 0.3 is 0 Å². The number of likely N-dealkylation sites (tertiary alicyclic amines) is 2. The first-order valence-electron chi connectivity index (χ1n) is 9.64. The van der Waals surface area contributed by atoms with Gasteiger partial charge in [-0.1, -0.05) is 5.16 Å². The van der Waals surface area contributed by atoms with Crippen molar-refractivity contribution in [1.29, 1.82) is 0 Å². The minimum absolute atomic E-state index is 0.171. The minimum atomic E-state index is 0.171. The van der Waals surface area contributed by atoms with Crippen molar-refractivity contribution in [3.63, 3.8) is 0 Å². The maximum atomic E-state index is 11.6. The highest BCUT2D eigenvalue weighted by Gasteiger charge is 2.37. The molecule has 1 atom stereocenters. The molecule has 0 bridgehead atoms. The number of amides is 1. The third-order valence-corrected chi connectivity index (χ3v) is 5.68. The highest BCUT2D eigenvalue weighted by Crippen LogP contribution is 2.36. The van der Waals surface area contributed by atoms with Crippen molar-refractivity contribution in [1.82, 2.24) is 24.9 Å². The zero-order valence-electron chi connectivity index (χ0n) is 15.9. The number of piperidine rings is 1. The number of anilines is 1. The third-order valence-electron chi connectivity index (χ3n) is 5.68. The van der Waals surface area contributed by atoms with E-state index in [9.17, 15) is 4.79 Å². The van der Waals surface area contributed by atoms with Gasteiger partial charge in [0, 0.05) is 44.9 Å². The summed E-state index contributed by atoms with van der Waals surface area (Å²) in [6, 6.07) is 4.48. The summed E-state index contributed by atoms with van der Waals surface area (Å²) in [5.41, 5.74) is 0.850. The lowest BCUT2D eigenvalue weighted by Crippen LogP contribution is -2.46. The summed E-state index contributed by atoms with van der Waals surface area (Å²) < 4.78 is 5.63. The molecule has 1 amide bonds. The maximum Gasteiger partial charge on any atom is 0.244 e. The van der Waals surface area contributed by atoms with E-state index >= 15 is 0 Å². The molecule has 2 aliphatic heterocycles. The van der Waals surface area contributed by atoms with Crippen molar-refractivity contribution in [3.8, 4) is 11.4 Å². The van der Waals surface area contributed by atoms with Crippen LogP contribution >= 0.6 is 0 Å². The predicted octanol–water partition coefficient (Wildman–Crippen LogP) is 2.32. The molecular weight excluding hydrogens is 344 g/mol. The van der Waals surface area contributed by atoms with Gasteiger partial charge in [-0.15, -0.1) is 0 Å². The smallest absolute Gasteiger partial charge is 0.244 e. The first kappa shape index (κ1) is 17.9. The van der Waals surface area contributed by atoms with Gasteiger partial charge in [-0.05, 0) is 44.4 Å². The molecule has 27 heavy (non-hydrogen) atoms. The van der Waals surface area contributed by atoms with Gasteiger partial charge in [0.15, 0.2) is 0 Å². The van der Waals surface area contributed by atoms with Crippen LogP contribution in [0.5, 0.6) is 0 Å². The zero-order valence-corrected chi connectivity index (χ0v) is 15.9. The van der Waals surface area contributed by atoms with Crippen molar-refractivity contribution in [2.45, 2.75) is 44.7 Å². The maximum absolute atomic E-state index is 11.6. The molecule has 0 aliphatic carbocycles. The second kappa shape index (κ2) is 7.64. The van der Waals surface area contributed by atoms with Crippen molar-refractivity contribution < 1.29 is 9.32 Å². The van der Waals surface area contributed by atoms with E-state index in [0.29, 0.717) is 17.8 Å². The molecule has 8 heteroatoms. The monoisotopic (exact) mass is 370 g/mol. The Morgan fingerprint density at radius 3 is 2.70 bits per heavy atom. The van der Waals surface area contributed by atoms with E-state index in [1.54, 1.807) is 13.1 Å². The molecule has 4 heterocycles. The molecule has 8 nitrogen and oxygen atoms in total. The molecule has 0 radical (unpaired) electrons. The minimum Gasteiger partial charge on any atom is -0.373 e. The fraction of sp³-hybridized carbons (Fsp3) is 0.579. The number of aromatic nitrogens is 3. The SMILES string of the molecule is CNc1ccc(-c2noc([C@@H]3CCCN3C3CCN(C(C)=O)CC3)n2)cn1. The van der Waals surface area contributed by atoms with Gasteiger partial charge < -0.3 is 14.7 Å². The second-order valence-electron chi connectivity index (χ2n) is 7.27. The van der Waals surface area contributed by atoms with Crippen molar-refractivity contribution in [2.24, 2.45) is 0 Å². The van der Waals surface area contributed by atoms with E-state index in [1.807, 2.05) is 24.1 Å². The standard InChI is InChI=1S/C19H26N6O2/c1-13(26)24-10-7-15(8-11-24)25-9-3-4-16(25)19-22-18(23-27-19)14-5-6-17(20-2)21-12-14/h5-6,12,15-16H,3-4,7-11H2,1-2H3,(H,20,21)/t16-/m0/s1. The molecule has 0 spiro atoms. The quantitative estimate of drug-likeness (QED) is 0.884. The Bertz CT molecular complexity index is 782. The first-order valence-corrected chi connectivity index (χ1v) is 9.64. The summed E-state index contributed by atoms with van der Waals surface area (Å²) in [5.74, 6) is 2.25. The van der Waals surface area contributed by atoms with E-state index in [1.165, 1.54) is 0 Å². The van der Waals surface area contributed by atoms with Gasteiger partial charge in [-0.25, -0.2) is 4.98 Å². The summed E-state index contributed by atoms with van der Waals surface area (Å²) in [7, 11) is 1.84. The van der Waals surface area contributed by atoms with Crippen LogP contribution in [0, 0.1) is 0 Å². The molecule has 2 aromatic rings. The van der Waals surface area contributed by atoms with Gasteiger partial charge in [-0.3, -0.25) is 9.69 Å². The highest BCUT2D eigenvalue weighted by molar-refractivity contribution is 5.73. The average molecular weight is 370 g/mol. The molecule has 0 unspecified atom stereocenters. The normalized spacial score (nSPS) is 21.6. The highest BCUT2D eigenvalue weighted by atomic mass is 16.5. The molecule has 2 aliphatic rings. The lowest BCUT2D eigenvalue weighted by atomic mass is 10.0. The molecule has 2 fully saturated rings. The summed E-state index contributed by atoms with van der Waals surface area (Å²) in [6.45, 7) is 4.37. The van der Waals surface area contributed by atoms with E-state index in [0.717, 1.165) is 56.7 Å². The van der Waals surface area contributed by atoms with Crippen LogP contribution < -0.4 is 5.32 Å². The summed E-state index contributed by atoms with van der Waals surface area (Å²) in [6.07, 6.45) is 5.93. The van der Waals surface area contributed by atoms with Crippen molar-refractivity contribution in [3.05, 3.63) is 24.2 Å². The lowest BCUT2D eigenvalue weighted by molar-refractivity contribution is -0.130. The number of nitrogens with one attached hydrogen (secondary N) is 1. The van der Waals surface area contributed by atoms with Crippen LogP contribution in [0.2, 0.25) is 0 Å². The Hall–Kier alpha value is -2.48. The van der Waals surface area contributed by atoms with Gasteiger partial charge in [0.25, 0.3) is 0 Å². The fourth-order valence-corrected chi connectivity index (χ4v) is 4.17. The Balaban J connectivity index is 1.46. The van der Waals surface area contributed by atoms with Crippen molar-refractivity contribution >= 4 is 11.7 Å². The van der Waals surface area contributed by atoms with Crippen LogP contribution in [0.1, 0.15) is 44.5 Å². The lowest BCUT2D eigenvalue weighted by Gasteiger charge is -2.38. The van der Waals surface area contributed by atoms with Crippen molar-refractivity contribution in [2.75, 3.05) is 32.0 Å². The molecule has 144 valence electrons. The predicted molar refractivity (Wildman–Crippen MR) is 101 cm³/mol. The van der Waals surface area contributed by atoms with Gasteiger partial charge in [0.05, 0.1) is 6.04 Å². The average Bonchev–Trinajstić information content (AvgIpc) is 3.37. The number of carbonyl (C=O) groups is 1. The van der Waals surface area contributed by atoms with Crippen LogP contribution in [0.15, 0.2) is 22.9 Å². The fourth-order valence-electron chi connectivity index (χ4n) is 4.17. The van der Waals surface area contributed by atoms with E-state index in [2.05, 4.69) is 25.3 Å². The topological polar surface area (TPSA) is 87.4 Å². The Morgan fingerprint density at radius 1 is 1.22 bits per heavy atom. The van der Waals surface area contributed by atoms with Gasteiger partial charge in [0.2, 0.25) is 17.6 Å². The van der Waals surface area contributed by atoms with Gasteiger partial charge in [0.1, 0.15) is 5.82 Å². The number of pyridine rings is 1. The summed E-state index contributed by atoms with van der Waals surface area (Å²) >= 11 is 0. The van der Waals surface area contributed by atoms with Crippen LogP contribution in [0.4, 0.5) is 5.82 Å². The van der Waals surface area contributed by atoms with Crippen LogP contribution in [0.25, 0.3) is 11.4 Å². The Kier molecular flexibility index (Phi) is 5.07. The molecule has 2 saturated heterocycles. The second-order valence-corrected chi connectivity index (χ2v) is 7.27. The molecule has 4 rings (SSSR count). The van der Waals surface area contributed by atoms with E-state index in [4.69, 9.17) is 4.52 Å². The van der Waals surface area contributed by atoms with Crippen LogP contribution in [-0.4, -0.2) is 63.6 Å². The van der Waals surface area contributed by atoms with E-state index < -0.39 is 0 Å². The third kappa shape index (κ3) is 3.66. The van der Waals surface area contributed by atoms with Gasteiger partial charge in [-0.2, -0.15) is 4.98 Å². The molecule has 0 saturated carbocycles. The first-order chi connectivity index (χ1) is 13.2. The van der Waals surface area contributed by atoms with Crippen LogP contribution in [-0.2, 0) is 4.79 Å².